The quantitative estimate of drug-likeness (QED) is 0.291. The summed E-state index contributed by atoms with van der Waals surface area (Å²) in [6.45, 7) is 0. The van der Waals surface area contributed by atoms with E-state index in [9.17, 15) is 0 Å². The van der Waals surface area contributed by atoms with Crippen molar-refractivity contribution in [1.29, 1.82) is 0 Å². The molecule has 0 aliphatic heterocycles. The molecule has 0 N–H and O–H groups in total. The first-order valence-electron chi connectivity index (χ1n) is 7.61. The maximum absolute atomic E-state index is 5.82. The van der Waals surface area contributed by atoms with E-state index in [0.29, 0.717) is 0 Å². The minimum Gasteiger partial charge on any atom is -0.449 e. The third kappa shape index (κ3) is 3.98. The summed E-state index contributed by atoms with van der Waals surface area (Å²) in [5, 5.41) is 0.857. The summed E-state index contributed by atoms with van der Waals surface area (Å²) in [6.07, 6.45) is 3.80. The predicted octanol–water partition coefficient (Wildman–Crippen LogP) is 6.51. The summed E-state index contributed by atoms with van der Waals surface area (Å²) < 4.78 is 8.04. The van der Waals surface area contributed by atoms with Crippen LogP contribution in [0.3, 0.4) is 0 Å². The molecule has 4 aromatic rings. The van der Waals surface area contributed by atoms with Gasteiger partial charge in [-0.25, -0.2) is 4.98 Å². The Kier molecular flexibility index (Phi) is 4.92. The fourth-order valence-electron chi connectivity index (χ4n) is 2.26. The number of hydrogen-bond acceptors (Lipinski definition) is 6. The molecule has 0 atom stereocenters. The van der Waals surface area contributed by atoms with E-state index in [1.54, 1.807) is 41.1 Å². The predicted molar refractivity (Wildman–Crippen MR) is 108 cm³/mol. The highest BCUT2D eigenvalue weighted by Gasteiger charge is 2.04. The first-order valence-corrected chi connectivity index (χ1v) is 10.5. The van der Waals surface area contributed by atoms with E-state index in [4.69, 9.17) is 4.42 Å². The van der Waals surface area contributed by atoms with Crippen molar-refractivity contribution in [2.75, 3.05) is 6.26 Å². The minimum atomic E-state index is 0.743. The maximum atomic E-state index is 5.82. The van der Waals surface area contributed by atoms with Gasteiger partial charge in [0.1, 0.15) is 5.76 Å². The molecule has 0 fully saturated rings. The van der Waals surface area contributed by atoms with E-state index >= 15 is 0 Å². The maximum Gasteiger partial charge on any atom is 0.165 e. The number of hydrogen-bond donors (Lipinski definition) is 0. The topological polar surface area (TPSA) is 38.4 Å². The summed E-state index contributed by atoms with van der Waals surface area (Å²) in [4.78, 5) is 10.2. The van der Waals surface area contributed by atoms with Gasteiger partial charge in [0.25, 0.3) is 0 Å². The molecule has 0 unspecified atom stereocenters. The highest BCUT2D eigenvalue weighted by Crippen LogP contribution is 2.31. The van der Waals surface area contributed by atoms with Gasteiger partial charge in [-0.3, -0.25) is 4.99 Å². The lowest BCUT2D eigenvalue weighted by atomic mass is 10.3. The molecule has 0 radical (unpaired) electrons. The second kappa shape index (κ2) is 7.47. The van der Waals surface area contributed by atoms with E-state index in [-0.39, 0.29) is 0 Å². The van der Waals surface area contributed by atoms with Crippen LogP contribution in [0.25, 0.3) is 10.2 Å². The Morgan fingerprint density at radius 2 is 1.96 bits per heavy atom. The van der Waals surface area contributed by atoms with Crippen molar-refractivity contribution in [3.63, 3.8) is 0 Å². The van der Waals surface area contributed by atoms with Crippen LogP contribution in [0.15, 0.2) is 84.4 Å². The molecular formula is C19H14N2OS3. The molecule has 2 aromatic heterocycles. The summed E-state index contributed by atoms with van der Waals surface area (Å²) >= 11 is 4.96. The first-order chi connectivity index (χ1) is 12.3. The summed E-state index contributed by atoms with van der Waals surface area (Å²) in [5.41, 5.74) is 1.92. The molecule has 4 rings (SSSR count). The summed E-state index contributed by atoms with van der Waals surface area (Å²) in [6, 6.07) is 20.1. The molecule has 6 heteroatoms. The van der Waals surface area contributed by atoms with E-state index in [2.05, 4.69) is 28.2 Å². The molecule has 0 amide bonds. The molecule has 0 spiro atoms. The number of thiazole rings is 1. The Balaban J connectivity index is 1.50. The molecule has 2 heterocycles. The van der Waals surface area contributed by atoms with Crippen molar-refractivity contribution in [3.8, 4) is 0 Å². The Morgan fingerprint density at radius 1 is 1.08 bits per heavy atom. The second-order valence-electron chi connectivity index (χ2n) is 5.17. The van der Waals surface area contributed by atoms with Crippen LogP contribution in [0, 0.1) is 0 Å². The van der Waals surface area contributed by atoms with Crippen LogP contribution in [0.1, 0.15) is 5.76 Å². The molecule has 0 saturated carbocycles. The van der Waals surface area contributed by atoms with Crippen molar-refractivity contribution in [2.45, 2.75) is 14.3 Å². The van der Waals surface area contributed by atoms with Crippen molar-refractivity contribution < 1.29 is 4.42 Å². The average Bonchev–Trinajstić information content (AvgIpc) is 3.26. The standard InChI is InChI=1S/C19H14N2OS3/c1-23-19-21-16-9-7-13(11-17(16)25-19)20-12-14-8-10-18(22-14)24-15-5-3-2-4-6-15/h2-12H,1H3. The van der Waals surface area contributed by atoms with Crippen LogP contribution >= 0.6 is 34.9 Å². The van der Waals surface area contributed by atoms with Crippen LogP contribution < -0.4 is 0 Å². The van der Waals surface area contributed by atoms with Gasteiger partial charge in [-0.05, 0) is 48.7 Å². The van der Waals surface area contributed by atoms with Gasteiger partial charge in [0.15, 0.2) is 9.43 Å². The molecule has 2 aromatic carbocycles. The smallest absolute Gasteiger partial charge is 0.165 e. The summed E-state index contributed by atoms with van der Waals surface area (Å²) in [5.74, 6) is 0.743. The molecule has 0 aliphatic rings. The Labute approximate surface area is 158 Å². The number of nitrogens with zero attached hydrogens (tertiary/aromatic N) is 2. The number of rotatable bonds is 5. The van der Waals surface area contributed by atoms with Gasteiger partial charge in [0, 0.05) is 4.90 Å². The summed E-state index contributed by atoms with van der Waals surface area (Å²) in [7, 11) is 0. The number of fused-ring (bicyclic) bond motifs is 1. The lowest BCUT2D eigenvalue weighted by molar-refractivity contribution is 0.469. The fourth-order valence-corrected chi connectivity index (χ4v) is 4.58. The van der Waals surface area contributed by atoms with Crippen molar-refractivity contribution in [1.82, 2.24) is 4.98 Å². The monoisotopic (exact) mass is 382 g/mol. The lowest BCUT2D eigenvalue weighted by Crippen LogP contribution is -1.74. The van der Waals surface area contributed by atoms with Gasteiger partial charge in [0.05, 0.1) is 22.1 Å². The van der Waals surface area contributed by atoms with Crippen molar-refractivity contribution in [2.24, 2.45) is 4.99 Å². The number of aromatic nitrogens is 1. The Hall–Kier alpha value is -2.02. The van der Waals surface area contributed by atoms with Gasteiger partial charge in [-0.1, -0.05) is 41.7 Å². The zero-order valence-corrected chi connectivity index (χ0v) is 15.8. The van der Waals surface area contributed by atoms with E-state index < -0.39 is 0 Å². The lowest BCUT2D eigenvalue weighted by Gasteiger charge is -1.96. The number of benzene rings is 2. The molecule has 0 aliphatic carbocycles. The van der Waals surface area contributed by atoms with Crippen LogP contribution in [0.5, 0.6) is 0 Å². The third-order valence-corrected chi connectivity index (χ3v) is 6.36. The number of furan rings is 1. The highest BCUT2D eigenvalue weighted by molar-refractivity contribution is 8.00. The van der Waals surface area contributed by atoms with E-state index in [0.717, 1.165) is 36.0 Å². The number of aliphatic imine (C=N–C) groups is 1. The fraction of sp³-hybridized carbons (Fsp3) is 0.0526. The zero-order valence-electron chi connectivity index (χ0n) is 13.4. The molecule has 124 valence electrons. The minimum absolute atomic E-state index is 0.743. The van der Waals surface area contributed by atoms with Gasteiger partial charge < -0.3 is 4.42 Å². The molecule has 0 saturated heterocycles. The van der Waals surface area contributed by atoms with Crippen LogP contribution in [0.2, 0.25) is 0 Å². The zero-order chi connectivity index (χ0) is 17.1. The third-order valence-electron chi connectivity index (χ3n) is 3.43. The molecule has 25 heavy (non-hydrogen) atoms. The van der Waals surface area contributed by atoms with Crippen LogP contribution in [-0.2, 0) is 0 Å². The first kappa shape index (κ1) is 16.4. The van der Waals surface area contributed by atoms with Gasteiger partial charge in [0.2, 0.25) is 0 Å². The van der Waals surface area contributed by atoms with Gasteiger partial charge >= 0.3 is 0 Å². The van der Waals surface area contributed by atoms with Crippen LogP contribution in [0.4, 0.5) is 5.69 Å². The second-order valence-corrected chi connectivity index (χ2v) is 8.33. The van der Waals surface area contributed by atoms with E-state index in [1.807, 2.05) is 48.7 Å². The normalized spacial score (nSPS) is 11.6. The van der Waals surface area contributed by atoms with Crippen molar-refractivity contribution in [3.05, 3.63) is 66.4 Å². The SMILES string of the molecule is CSc1nc2ccc(N=Cc3ccc(Sc4ccccc4)o3)cc2s1. The number of thioether (sulfide) groups is 1. The highest BCUT2D eigenvalue weighted by atomic mass is 32.2. The van der Waals surface area contributed by atoms with Crippen LogP contribution in [-0.4, -0.2) is 17.5 Å². The average molecular weight is 383 g/mol. The molecular weight excluding hydrogens is 368 g/mol. The van der Waals surface area contributed by atoms with Crippen molar-refractivity contribution >= 4 is 57.0 Å². The largest absolute Gasteiger partial charge is 0.449 e. The van der Waals surface area contributed by atoms with Gasteiger partial charge in [-0.2, -0.15) is 0 Å². The molecule has 3 nitrogen and oxygen atoms in total. The Bertz CT molecular complexity index is 1020. The Morgan fingerprint density at radius 3 is 2.80 bits per heavy atom. The van der Waals surface area contributed by atoms with E-state index in [1.165, 1.54) is 0 Å². The molecule has 0 bridgehead atoms. The van der Waals surface area contributed by atoms with Gasteiger partial charge in [-0.15, -0.1) is 11.3 Å².